The van der Waals surface area contributed by atoms with E-state index in [2.05, 4.69) is 26.9 Å². The second kappa shape index (κ2) is 6.97. The molecular formula is C14H15BrN2O3S2. The molecule has 0 saturated carbocycles. The van der Waals surface area contributed by atoms with Gasteiger partial charge in [0.1, 0.15) is 0 Å². The van der Waals surface area contributed by atoms with Crippen LogP contribution in [-0.2, 0) is 14.8 Å². The lowest BCUT2D eigenvalue weighted by Gasteiger charge is -2.13. The lowest BCUT2D eigenvalue weighted by molar-refractivity contribution is -0.125. The maximum absolute atomic E-state index is 12.4. The molecular weight excluding hydrogens is 388 g/mol. The zero-order chi connectivity index (χ0) is 16.3. The molecule has 1 amide bonds. The fourth-order valence-corrected chi connectivity index (χ4v) is 4.46. The fourth-order valence-electron chi connectivity index (χ4n) is 1.90. The number of nitrogens with zero attached hydrogens (tertiary/aromatic N) is 2. The van der Waals surface area contributed by atoms with Crippen LogP contribution >= 0.6 is 27.7 Å². The van der Waals surface area contributed by atoms with Crippen LogP contribution in [0.5, 0.6) is 0 Å². The maximum atomic E-state index is 12.4. The van der Waals surface area contributed by atoms with Gasteiger partial charge in [-0.2, -0.15) is 8.42 Å². The number of sulfonamides is 1. The Labute approximate surface area is 142 Å². The Morgan fingerprint density at radius 1 is 1.41 bits per heavy atom. The Kier molecular flexibility index (Phi) is 5.46. The highest BCUT2D eigenvalue weighted by Gasteiger charge is 2.37. The Morgan fingerprint density at radius 2 is 2.05 bits per heavy atom. The van der Waals surface area contributed by atoms with Crippen LogP contribution in [0.15, 0.2) is 50.7 Å². The summed E-state index contributed by atoms with van der Waals surface area (Å²) in [5.74, 6) is -0.128. The number of thioether (sulfide) groups is 1. The summed E-state index contributed by atoms with van der Waals surface area (Å²) >= 11 is 4.44. The molecule has 1 unspecified atom stereocenters. The van der Waals surface area contributed by atoms with Gasteiger partial charge in [0.05, 0.1) is 10.1 Å². The van der Waals surface area contributed by atoms with Crippen LogP contribution in [0.25, 0.3) is 0 Å². The van der Waals surface area contributed by atoms with Crippen molar-refractivity contribution in [3.63, 3.8) is 0 Å². The van der Waals surface area contributed by atoms with Gasteiger partial charge in [0, 0.05) is 11.0 Å². The predicted molar refractivity (Wildman–Crippen MR) is 92.3 cm³/mol. The third kappa shape index (κ3) is 3.61. The molecule has 22 heavy (non-hydrogen) atoms. The Balaban J connectivity index is 2.39. The van der Waals surface area contributed by atoms with Crippen molar-refractivity contribution < 1.29 is 13.2 Å². The molecule has 1 aliphatic heterocycles. The molecule has 118 valence electrons. The fraction of sp³-hybridized carbons (Fsp3) is 0.286. The summed E-state index contributed by atoms with van der Waals surface area (Å²) in [5.41, 5.74) is 0. The molecule has 0 aromatic heterocycles. The minimum absolute atomic E-state index is 0.0924. The normalized spacial score (nSPS) is 20.6. The number of halogens is 1. The minimum atomic E-state index is -3.85. The van der Waals surface area contributed by atoms with E-state index in [1.165, 1.54) is 28.8 Å². The Bertz CT molecular complexity index is 714. The maximum Gasteiger partial charge on any atom is 0.284 e. The summed E-state index contributed by atoms with van der Waals surface area (Å²) in [5, 5.41) is -0.0847. The number of carbonyl (C=O) groups excluding carboxylic acids is 1. The van der Waals surface area contributed by atoms with Gasteiger partial charge >= 0.3 is 0 Å². The van der Waals surface area contributed by atoms with Gasteiger partial charge in [-0.15, -0.1) is 11.0 Å². The molecule has 0 spiro atoms. The molecule has 0 bridgehead atoms. The van der Waals surface area contributed by atoms with Gasteiger partial charge in [-0.3, -0.25) is 9.69 Å². The number of amidine groups is 1. The molecule has 1 heterocycles. The van der Waals surface area contributed by atoms with Gasteiger partial charge in [-0.1, -0.05) is 40.7 Å². The average Bonchev–Trinajstić information content (AvgIpc) is 2.76. The molecule has 1 saturated heterocycles. The van der Waals surface area contributed by atoms with E-state index in [1.807, 2.05) is 6.92 Å². The van der Waals surface area contributed by atoms with E-state index in [9.17, 15) is 13.2 Å². The summed E-state index contributed by atoms with van der Waals surface area (Å²) < 4.78 is 29.4. The van der Waals surface area contributed by atoms with Gasteiger partial charge in [-0.25, -0.2) is 0 Å². The molecule has 0 aliphatic carbocycles. The zero-order valence-corrected chi connectivity index (χ0v) is 15.1. The van der Waals surface area contributed by atoms with Crippen LogP contribution in [-0.4, -0.2) is 36.2 Å². The highest BCUT2D eigenvalue weighted by atomic mass is 79.9. The van der Waals surface area contributed by atoms with Crippen LogP contribution in [0.3, 0.4) is 0 Å². The molecule has 1 aromatic carbocycles. The Hall–Kier alpha value is -1.12. The van der Waals surface area contributed by atoms with Crippen molar-refractivity contribution in [2.24, 2.45) is 4.40 Å². The van der Waals surface area contributed by atoms with E-state index in [1.54, 1.807) is 18.2 Å². The number of rotatable bonds is 5. The minimum Gasteiger partial charge on any atom is -0.286 e. The van der Waals surface area contributed by atoms with Crippen molar-refractivity contribution >= 4 is 48.8 Å². The van der Waals surface area contributed by atoms with Crippen molar-refractivity contribution in [1.29, 1.82) is 0 Å². The van der Waals surface area contributed by atoms with E-state index in [4.69, 9.17) is 0 Å². The molecule has 5 nitrogen and oxygen atoms in total. The van der Waals surface area contributed by atoms with Crippen LogP contribution in [0, 0.1) is 0 Å². The molecule has 0 N–H and O–H groups in total. The highest BCUT2D eigenvalue weighted by molar-refractivity contribution is 9.10. The zero-order valence-electron chi connectivity index (χ0n) is 11.9. The first-order chi connectivity index (χ1) is 10.4. The first-order valence-corrected chi connectivity index (χ1v) is 9.69. The summed E-state index contributed by atoms with van der Waals surface area (Å²) in [7, 11) is -3.85. The quantitative estimate of drug-likeness (QED) is 0.709. The van der Waals surface area contributed by atoms with E-state index < -0.39 is 10.0 Å². The van der Waals surface area contributed by atoms with Crippen LogP contribution in [0.2, 0.25) is 0 Å². The molecule has 1 atom stereocenters. The number of amides is 1. The van der Waals surface area contributed by atoms with Gasteiger partial charge in [-0.05, 0) is 30.7 Å². The number of hydrogen-bond acceptors (Lipinski definition) is 4. The van der Waals surface area contributed by atoms with E-state index in [0.717, 1.165) is 4.47 Å². The molecule has 1 fully saturated rings. The lowest BCUT2D eigenvalue weighted by Crippen LogP contribution is -2.32. The summed E-state index contributed by atoms with van der Waals surface area (Å²) in [4.78, 5) is 13.6. The number of benzene rings is 1. The summed E-state index contributed by atoms with van der Waals surface area (Å²) in [6.07, 6.45) is 2.17. The summed E-state index contributed by atoms with van der Waals surface area (Å²) in [6, 6.07) is 6.22. The van der Waals surface area contributed by atoms with Crippen molar-refractivity contribution in [2.45, 2.75) is 23.5 Å². The second-order valence-corrected chi connectivity index (χ2v) is 8.24. The molecule has 2 rings (SSSR count). The molecule has 0 radical (unpaired) electrons. The van der Waals surface area contributed by atoms with Crippen molar-refractivity contribution in [3.05, 3.63) is 41.4 Å². The molecule has 1 aliphatic rings. The van der Waals surface area contributed by atoms with Crippen LogP contribution < -0.4 is 0 Å². The van der Waals surface area contributed by atoms with Gasteiger partial charge in [0.2, 0.25) is 5.91 Å². The largest absolute Gasteiger partial charge is 0.286 e. The van der Waals surface area contributed by atoms with Gasteiger partial charge < -0.3 is 0 Å². The van der Waals surface area contributed by atoms with E-state index in [0.29, 0.717) is 6.42 Å². The van der Waals surface area contributed by atoms with Crippen LogP contribution in [0.4, 0.5) is 0 Å². The average molecular weight is 403 g/mol. The molecule has 1 aromatic rings. The topological polar surface area (TPSA) is 66.8 Å². The van der Waals surface area contributed by atoms with Gasteiger partial charge in [0.15, 0.2) is 5.17 Å². The SMILES string of the molecule is C=CCN1C(=O)C(CC)SC1=NS(=O)(=O)c1ccc(Br)cc1. The van der Waals surface area contributed by atoms with Crippen LogP contribution in [0.1, 0.15) is 13.3 Å². The third-order valence-corrected chi connectivity index (χ3v) is 6.28. The molecule has 8 heteroatoms. The highest BCUT2D eigenvalue weighted by Crippen LogP contribution is 2.30. The number of carbonyl (C=O) groups is 1. The first kappa shape index (κ1) is 17.2. The monoisotopic (exact) mass is 402 g/mol. The van der Waals surface area contributed by atoms with Crippen molar-refractivity contribution in [3.8, 4) is 0 Å². The van der Waals surface area contributed by atoms with E-state index in [-0.39, 0.29) is 27.8 Å². The van der Waals surface area contributed by atoms with Crippen molar-refractivity contribution in [1.82, 2.24) is 4.90 Å². The third-order valence-electron chi connectivity index (χ3n) is 3.01. The first-order valence-electron chi connectivity index (χ1n) is 6.58. The Morgan fingerprint density at radius 3 is 2.59 bits per heavy atom. The van der Waals surface area contributed by atoms with Crippen molar-refractivity contribution in [2.75, 3.05) is 6.54 Å². The predicted octanol–water partition coefficient (Wildman–Crippen LogP) is 3.03. The number of hydrogen-bond donors (Lipinski definition) is 0. The smallest absolute Gasteiger partial charge is 0.284 e. The van der Waals surface area contributed by atoms with E-state index >= 15 is 0 Å². The summed E-state index contributed by atoms with van der Waals surface area (Å²) in [6.45, 7) is 5.73. The second-order valence-electron chi connectivity index (χ2n) is 4.56. The lowest BCUT2D eigenvalue weighted by atomic mass is 10.3. The van der Waals surface area contributed by atoms with Gasteiger partial charge in [0.25, 0.3) is 10.0 Å². The standard InChI is InChI=1S/C14H15BrN2O3S2/c1-3-9-17-13(18)12(4-2)21-14(17)16-22(19,20)11-7-5-10(15)6-8-11/h3,5-8,12H,1,4,9H2,2H3.